The molecule has 0 bridgehead atoms. The van der Waals surface area contributed by atoms with Crippen LogP contribution in [0.15, 0.2) is 54.6 Å². The summed E-state index contributed by atoms with van der Waals surface area (Å²) in [6.45, 7) is 4.18. The van der Waals surface area contributed by atoms with Crippen molar-refractivity contribution in [1.82, 2.24) is 5.32 Å². The van der Waals surface area contributed by atoms with Gasteiger partial charge >= 0.3 is 0 Å². The third kappa shape index (κ3) is 3.92. The zero-order chi connectivity index (χ0) is 15.2. The van der Waals surface area contributed by atoms with Crippen LogP contribution in [0.3, 0.4) is 0 Å². The highest BCUT2D eigenvalue weighted by molar-refractivity contribution is 6.08. The molecular weight excluding hydrogens is 262 g/mol. The van der Waals surface area contributed by atoms with E-state index in [2.05, 4.69) is 24.5 Å². The number of anilines is 1. The van der Waals surface area contributed by atoms with Crippen LogP contribution in [0.2, 0.25) is 0 Å². The summed E-state index contributed by atoms with van der Waals surface area (Å²) < 4.78 is 0. The van der Waals surface area contributed by atoms with Crippen molar-refractivity contribution in [2.75, 3.05) is 5.32 Å². The fraction of sp³-hybridized carbons (Fsp3) is 0.176. The average molecular weight is 281 g/mol. The van der Waals surface area contributed by atoms with Gasteiger partial charge in [0.1, 0.15) is 0 Å². The maximum atomic E-state index is 12.0. The standard InChI is InChI=1S/C17H19N3O/c1-12(2)14-10-6-7-11-15(14)19-17(18)20-16(21)13-8-4-3-5-9-13/h3-12H,1-2H3,(H3,18,19,20,21). The second kappa shape index (κ2) is 6.70. The monoisotopic (exact) mass is 281 g/mol. The van der Waals surface area contributed by atoms with Gasteiger partial charge in [0.05, 0.1) is 0 Å². The second-order valence-electron chi connectivity index (χ2n) is 5.06. The van der Waals surface area contributed by atoms with Crippen LogP contribution in [0.5, 0.6) is 0 Å². The molecule has 0 aliphatic rings. The molecule has 0 heterocycles. The van der Waals surface area contributed by atoms with Gasteiger partial charge in [-0.2, -0.15) is 0 Å². The van der Waals surface area contributed by atoms with E-state index in [1.54, 1.807) is 24.3 Å². The lowest BCUT2D eigenvalue weighted by Gasteiger charge is -2.15. The minimum Gasteiger partial charge on any atom is -0.326 e. The lowest BCUT2D eigenvalue weighted by atomic mass is 10.0. The number of amides is 1. The van der Waals surface area contributed by atoms with Crippen LogP contribution >= 0.6 is 0 Å². The van der Waals surface area contributed by atoms with E-state index in [0.717, 1.165) is 11.3 Å². The first kappa shape index (κ1) is 14.8. The smallest absolute Gasteiger partial charge is 0.257 e. The first-order chi connectivity index (χ1) is 10.1. The highest BCUT2D eigenvalue weighted by atomic mass is 16.1. The van der Waals surface area contributed by atoms with Crippen molar-refractivity contribution in [3.05, 3.63) is 65.7 Å². The summed E-state index contributed by atoms with van der Waals surface area (Å²) in [5, 5.41) is 13.4. The quantitative estimate of drug-likeness (QED) is 0.594. The fourth-order valence-electron chi connectivity index (χ4n) is 2.06. The molecule has 0 unspecified atom stereocenters. The summed E-state index contributed by atoms with van der Waals surface area (Å²) in [7, 11) is 0. The summed E-state index contributed by atoms with van der Waals surface area (Å²) in [6, 6.07) is 16.6. The normalized spacial score (nSPS) is 10.2. The summed E-state index contributed by atoms with van der Waals surface area (Å²) in [4.78, 5) is 12.0. The molecule has 4 nitrogen and oxygen atoms in total. The van der Waals surface area contributed by atoms with Crippen LogP contribution in [-0.4, -0.2) is 11.9 Å². The fourth-order valence-corrected chi connectivity index (χ4v) is 2.06. The molecule has 4 heteroatoms. The first-order valence-corrected chi connectivity index (χ1v) is 6.89. The SMILES string of the molecule is CC(C)c1ccccc1NC(=N)NC(=O)c1ccccc1. The van der Waals surface area contributed by atoms with Crippen LogP contribution in [0, 0.1) is 5.41 Å². The number of guanidine groups is 1. The van der Waals surface area contributed by atoms with Crippen molar-refractivity contribution in [1.29, 1.82) is 5.41 Å². The van der Waals surface area contributed by atoms with Crippen LogP contribution in [0.4, 0.5) is 5.69 Å². The predicted octanol–water partition coefficient (Wildman–Crippen LogP) is 3.59. The Balaban J connectivity index is 2.04. The molecule has 2 aromatic rings. The van der Waals surface area contributed by atoms with E-state index in [1.807, 2.05) is 30.3 Å². The predicted molar refractivity (Wildman–Crippen MR) is 85.8 cm³/mol. The molecule has 0 aliphatic carbocycles. The number of para-hydroxylation sites is 1. The zero-order valence-electron chi connectivity index (χ0n) is 12.2. The van der Waals surface area contributed by atoms with Gasteiger partial charge in [-0.05, 0) is 29.7 Å². The Labute approximate surface area is 124 Å². The maximum Gasteiger partial charge on any atom is 0.257 e. The van der Waals surface area contributed by atoms with E-state index in [0.29, 0.717) is 11.5 Å². The van der Waals surface area contributed by atoms with Gasteiger partial charge in [0, 0.05) is 11.3 Å². The Morgan fingerprint density at radius 2 is 1.62 bits per heavy atom. The number of rotatable bonds is 3. The minimum absolute atomic E-state index is 0.0306. The summed E-state index contributed by atoms with van der Waals surface area (Å²) in [6.07, 6.45) is 0. The van der Waals surface area contributed by atoms with Crippen LogP contribution in [-0.2, 0) is 0 Å². The number of hydrogen-bond acceptors (Lipinski definition) is 2. The largest absolute Gasteiger partial charge is 0.326 e. The third-order valence-electron chi connectivity index (χ3n) is 3.12. The zero-order valence-corrected chi connectivity index (χ0v) is 12.2. The molecule has 108 valence electrons. The van der Waals surface area contributed by atoms with Gasteiger partial charge in [0.2, 0.25) is 0 Å². The van der Waals surface area contributed by atoms with E-state index in [-0.39, 0.29) is 11.9 Å². The summed E-state index contributed by atoms with van der Waals surface area (Å²) in [5.41, 5.74) is 2.48. The number of benzene rings is 2. The maximum absolute atomic E-state index is 12.0. The summed E-state index contributed by atoms with van der Waals surface area (Å²) in [5.74, 6) is 0.0124. The Morgan fingerprint density at radius 3 is 2.29 bits per heavy atom. The highest BCUT2D eigenvalue weighted by Gasteiger charge is 2.10. The Kier molecular flexibility index (Phi) is 4.72. The molecule has 0 aliphatic heterocycles. The van der Waals surface area contributed by atoms with E-state index in [1.165, 1.54) is 0 Å². The molecule has 2 aromatic carbocycles. The van der Waals surface area contributed by atoms with Gasteiger partial charge in [-0.25, -0.2) is 0 Å². The molecule has 3 N–H and O–H groups in total. The number of carbonyl (C=O) groups excluding carboxylic acids is 1. The molecule has 0 fully saturated rings. The minimum atomic E-state index is -0.296. The van der Waals surface area contributed by atoms with Gasteiger partial charge in [0.25, 0.3) is 5.91 Å². The number of carbonyl (C=O) groups is 1. The third-order valence-corrected chi connectivity index (χ3v) is 3.12. The molecule has 0 spiro atoms. The van der Waals surface area contributed by atoms with E-state index >= 15 is 0 Å². The molecule has 0 saturated carbocycles. The van der Waals surface area contributed by atoms with Gasteiger partial charge < -0.3 is 5.32 Å². The molecule has 0 saturated heterocycles. The van der Waals surface area contributed by atoms with Crippen molar-refractivity contribution in [2.24, 2.45) is 0 Å². The molecule has 0 atom stereocenters. The topological polar surface area (TPSA) is 65.0 Å². The van der Waals surface area contributed by atoms with E-state index in [9.17, 15) is 4.79 Å². The molecule has 21 heavy (non-hydrogen) atoms. The Morgan fingerprint density at radius 1 is 1.00 bits per heavy atom. The lowest BCUT2D eigenvalue weighted by molar-refractivity contribution is 0.0977. The summed E-state index contributed by atoms with van der Waals surface area (Å²) >= 11 is 0. The lowest BCUT2D eigenvalue weighted by Crippen LogP contribution is -2.35. The Hall–Kier alpha value is -2.62. The first-order valence-electron chi connectivity index (χ1n) is 6.89. The van der Waals surface area contributed by atoms with E-state index < -0.39 is 0 Å². The van der Waals surface area contributed by atoms with E-state index in [4.69, 9.17) is 5.41 Å². The van der Waals surface area contributed by atoms with Crippen molar-refractivity contribution >= 4 is 17.6 Å². The molecule has 1 amide bonds. The van der Waals surface area contributed by atoms with Crippen LogP contribution in [0.1, 0.15) is 35.7 Å². The van der Waals surface area contributed by atoms with Crippen molar-refractivity contribution in [2.45, 2.75) is 19.8 Å². The van der Waals surface area contributed by atoms with Gasteiger partial charge in [0.15, 0.2) is 5.96 Å². The van der Waals surface area contributed by atoms with Crippen molar-refractivity contribution < 1.29 is 4.79 Å². The second-order valence-corrected chi connectivity index (χ2v) is 5.06. The molecule has 2 rings (SSSR count). The molecular formula is C17H19N3O. The van der Waals surface area contributed by atoms with Crippen LogP contribution in [0.25, 0.3) is 0 Å². The van der Waals surface area contributed by atoms with Crippen LogP contribution < -0.4 is 10.6 Å². The van der Waals surface area contributed by atoms with Crippen molar-refractivity contribution in [3.63, 3.8) is 0 Å². The van der Waals surface area contributed by atoms with Gasteiger partial charge in [-0.15, -0.1) is 0 Å². The molecule has 0 aromatic heterocycles. The van der Waals surface area contributed by atoms with Gasteiger partial charge in [-0.1, -0.05) is 50.2 Å². The highest BCUT2D eigenvalue weighted by Crippen LogP contribution is 2.23. The average Bonchev–Trinajstić information content (AvgIpc) is 2.48. The van der Waals surface area contributed by atoms with Gasteiger partial charge in [-0.3, -0.25) is 15.5 Å². The molecule has 0 radical (unpaired) electrons. The van der Waals surface area contributed by atoms with Crippen molar-refractivity contribution in [3.8, 4) is 0 Å². The number of nitrogens with one attached hydrogen (secondary N) is 3. The number of hydrogen-bond donors (Lipinski definition) is 3. The Bertz CT molecular complexity index is 635.